The second-order valence-corrected chi connectivity index (χ2v) is 5.36. The van der Waals surface area contributed by atoms with E-state index in [0.29, 0.717) is 12.0 Å². The lowest BCUT2D eigenvalue weighted by Crippen LogP contribution is -2.41. The summed E-state index contributed by atoms with van der Waals surface area (Å²) in [6, 6.07) is 14.8. The molecule has 0 aliphatic carbocycles. The Hall–Kier alpha value is -2.82. The molecule has 0 atom stereocenters. The molecule has 5 nitrogen and oxygen atoms in total. The van der Waals surface area contributed by atoms with E-state index in [9.17, 15) is 9.59 Å². The molecule has 2 aromatic carbocycles. The zero-order valence-electron chi connectivity index (χ0n) is 14.0. The monoisotopic (exact) mass is 326 g/mol. The number of rotatable bonds is 6. The molecule has 0 radical (unpaired) electrons. The quantitative estimate of drug-likeness (QED) is 0.802. The number of para-hydroxylation sites is 1. The van der Waals surface area contributed by atoms with Crippen LogP contribution >= 0.6 is 0 Å². The summed E-state index contributed by atoms with van der Waals surface area (Å²) in [7, 11) is 1.60. The van der Waals surface area contributed by atoms with Crippen molar-refractivity contribution in [2.45, 2.75) is 26.2 Å². The molecule has 24 heavy (non-hydrogen) atoms. The summed E-state index contributed by atoms with van der Waals surface area (Å²) in [4.78, 5) is 23.9. The lowest BCUT2D eigenvalue weighted by atomic mass is 10.1. The van der Waals surface area contributed by atoms with E-state index in [2.05, 4.69) is 17.8 Å². The molecule has 0 bridgehead atoms. The van der Waals surface area contributed by atoms with Crippen molar-refractivity contribution in [2.75, 3.05) is 7.11 Å². The van der Waals surface area contributed by atoms with E-state index in [0.717, 1.165) is 23.3 Å². The average molecular weight is 326 g/mol. The summed E-state index contributed by atoms with van der Waals surface area (Å²) >= 11 is 0. The summed E-state index contributed by atoms with van der Waals surface area (Å²) < 4.78 is 5.25. The minimum Gasteiger partial charge on any atom is -0.496 e. The van der Waals surface area contributed by atoms with Crippen LogP contribution in [0.25, 0.3) is 0 Å². The van der Waals surface area contributed by atoms with Crippen molar-refractivity contribution in [3.63, 3.8) is 0 Å². The smallest absolute Gasteiger partial charge is 0.269 e. The number of methoxy groups -OCH3 is 1. The van der Waals surface area contributed by atoms with Crippen LogP contribution in [0.3, 0.4) is 0 Å². The first-order valence-electron chi connectivity index (χ1n) is 7.94. The SMILES string of the molecule is CCc1ccc(C(=O)NNC(=O)CCc2ccccc2OC)cc1. The standard InChI is InChI=1S/C19H22N2O3/c1-3-14-8-10-16(11-9-14)19(23)21-20-18(22)13-12-15-6-4-5-7-17(15)24-2/h4-11H,3,12-13H2,1-2H3,(H,20,22)(H,21,23). The molecule has 2 rings (SSSR count). The maximum absolute atomic E-state index is 12.0. The fourth-order valence-corrected chi connectivity index (χ4v) is 2.31. The Morgan fingerprint density at radius 2 is 1.71 bits per heavy atom. The number of amides is 2. The Kier molecular flexibility index (Phi) is 6.37. The molecule has 0 saturated carbocycles. The predicted octanol–water partition coefficient (Wildman–Crippen LogP) is 2.65. The first kappa shape index (κ1) is 17.5. The number of benzene rings is 2. The largest absolute Gasteiger partial charge is 0.496 e. The highest BCUT2D eigenvalue weighted by molar-refractivity contribution is 5.95. The third-order valence-electron chi connectivity index (χ3n) is 3.75. The summed E-state index contributed by atoms with van der Waals surface area (Å²) in [6.45, 7) is 2.05. The van der Waals surface area contributed by atoms with Gasteiger partial charge in [-0.3, -0.25) is 20.4 Å². The molecule has 0 saturated heterocycles. The van der Waals surface area contributed by atoms with Crippen LogP contribution in [0.15, 0.2) is 48.5 Å². The van der Waals surface area contributed by atoms with Gasteiger partial charge in [-0.2, -0.15) is 0 Å². The topological polar surface area (TPSA) is 67.4 Å². The Labute approximate surface area is 142 Å². The molecule has 2 aromatic rings. The molecule has 126 valence electrons. The predicted molar refractivity (Wildman–Crippen MR) is 92.7 cm³/mol. The summed E-state index contributed by atoms with van der Waals surface area (Å²) in [5.41, 5.74) is 7.50. The molecule has 0 unspecified atom stereocenters. The molecule has 2 N–H and O–H groups in total. The Balaban J connectivity index is 1.81. The van der Waals surface area contributed by atoms with E-state index >= 15 is 0 Å². The van der Waals surface area contributed by atoms with Gasteiger partial charge in [0.05, 0.1) is 7.11 Å². The van der Waals surface area contributed by atoms with Crippen molar-refractivity contribution in [2.24, 2.45) is 0 Å². The molecule has 0 spiro atoms. The fraction of sp³-hybridized carbons (Fsp3) is 0.263. The number of aryl methyl sites for hydroxylation is 2. The number of carbonyl (C=O) groups excluding carboxylic acids is 2. The Bertz CT molecular complexity index is 696. The van der Waals surface area contributed by atoms with E-state index < -0.39 is 0 Å². The highest BCUT2D eigenvalue weighted by Gasteiger charge is 2.09. The van der Waals surface area contributed by atoms with E-state index in [-0.39, 0.29) is 18.2 Å². The molecule has 0 aromatic heterocycles. The highest BCUT2D eigenvalue weighted by Crippen LogP contribution is 2.18. The molecule has 0 aliphatic rings. The number of ether oxygens (including phenoxy) is 1. The van der Waals surface area contributed by atoms with Crippen LogP contribution in [0.1, 0.15) is 34.8 Å². The molecule has 2 amide bonds. The highest BCUT2D eigenvalue weighted by atomic mass is 16.5. The number of nitrogens with one attached hydrogen (secondary N) is 2. The number of carbonyl (C=O) groups is 2. The normalized spacial score (nSPS) is 10.1. The van der Waals surface area contributed by atoms with Gasteiger partial charge in [0.15, 0.2) is 0 Å². The van der Waals surface area contributed by atoms with Gasteiger partial charge in [0.25, 0.3) is 5.91 Å². The molecule has 0 heterocycles. The molecule has 5 heteroatoms. The summed E-state index contributed by atoms with van der Waals surface area (Å²) in [5, 5.41) is 0. The van der Waals surface area contributed by atoms with Gasteiger partial charge >= 0.3 is 0 Å². The fourth-order valence-electron chi connectivity index (χ4n) is 2.31. The Morgan fingerprint density at radius 1 is 1.00 bits per heavy atom. The zero-order chi connectivity index (χ0) is 17.4. The van der Waals surface area contributed by atoms with Gasteiger partial charge in [0.2, 0.25) is 5.91 Å². The van der Waals surface area contributed by atoms with Crippen LogP contribution in [0.2, 0.25) is 0 Å². The van der Waals surface area contributed by atoms with Crippen LogP contribution in [0, 0.1) is 0 Å². The minimum atomic E-state index is -0.330. The number of hydrazine groups is 1. The van der Waals surface area contributed by atoms with Crippen molar-refractivity contribution in [1.29, 1.82) is 0 Å². The van der Waals surface area contributed by atoms with Crippen molar-refractivity contribution in [3.8, 4) is 5.75 Å². The van der Waals surface area contributed by atoms with Crippen molar-refractivity contribution in [1.82, 2.24) is 10.9 Å². The molecule has 0 fully saturated rings. The van der Waals surface area contributed by atoms with E-state index in [1.54, 1.807) is 19.2 Å². The lowest BCUT2D eigenvalue weighted by molar-refractivity contribution is -0.121. The minimum absolute atomic E-state index is 0.251. The van der Waals surface area contributed by atoms with Crippen molar-refractivity contribution in [3.05, 3.63) is 65.2 Å². The van der Waals surface area contributed by atoms with Crippen LogP contribution < -0.4 is 15.6 Å². The molecular formula is C19H22N2O3. The summed E-state index contributed by atoms with van der Waals surface area (Å²) in [6.07, 6.45) is 1.72. The maximum atomic E-state index is 12.0. The van der Waals surface area contributed by atoms with E-state index in [4.69, 9.17) is 4.74 Å². The lowest BCUT2D eigenvalue weighted by Gasteiger charge is -2.09. The number of hydrogen-bond acceptors (Lipinski definition) is 3. The van der Waals surface area contributed by atoms with Crippen molar-refractivity contribution < 1.29 is 14.3 Å². The zero-order valence-corrected chi connectivity index (χ0v) is 14.0. The van der Waals surface area contributed by atoms with Gasteiger partial charge in [0, 0.05) is 12.0 Å². The van der Waals surface area contributed by atoms with Crippen molar-refractivity contribution >= 4 is 11.8 Å². The van der Waals surface area contributed by atoms with E-state index in [1.165, 1.54) is 0 Å². The molecular weight excluding hydrogens is 304 g/mol. The van der Waals surface area contributed by atoms with Crippen LogP contribution in [-0.2, 0) is 17.6 Å². The number of hydrogen-bond donors (Lipinski definition) is 2. The first-order valence-corrected chi connectivity index (χ1v) is 7.94. The van der Waals surface area contributed by atoms with Crippen LogP contribution in [-0.4, -0.2) is 18.9 Å². The third kappa shape index (κ3) is 4.84. The third-order valence-corrected chi connectivity index (χ3v) is 3.75. The first-order chi connectivity index (χ1) is 11.6. The van der Waals surface area contributed by atoms with Gasteiger partial charge in [-0.1, -0.05) is 37.3 Å². The van der Waals surface area contributed by atoms with Crippen LogP contribution in [0.5, 0.6) is 5.75 Å². The second-order valence-electron chi connectivity index (χ2n) is 5.36. The van der Waals surface area contributed by atoms with Gasteiger partial charge in [-0.05, 0) is 42.2 Å². The van der Waals surface area contributed by atoms with Gasteiger partial charge in [-0.25, -0.2) is 0 Å². The van der Waals surface area contributed by atoms with Crippen LogP contribution in [0.4, 0.5) is 0 Å². The van der Waals surface area contributed by atoms with Gasteiger partial charge < -0.3 is 4.74 Å². The average Bonchev–Trinajstić information content (AvgIpc) is 2.64. The van der Waals surface area contributed by atoms with Gasteiger partial charge in [-0.15, -0.1) is 0 Å². The van der Waals surface area contributed by atoms with Gasteiger partial charge in [0.1, 0.15) is 5.75 Å². The second kappa shape index (κ2) is 8.72. The molecule has 0 aliphatic heterocycles. The maximum Gasteiger partial charge on any atom is 0.269 e. The van der Waals surface area contributed by atoms with E-state index in [1.807, 2.05) is 36.4 Å². The summed E-state index contributed by atoms with van der Waals surface area (Å²) in [5.74, 6) is 0.174. The Morgan fingerprint density at radius 3 is 2.38 bits per heavy atom.